The molecule has 2 heterocycles. The van der Waals surface area contributed by atoms with E-state index in [-0.39, 0.29) is 18.1 Å². The first-order valence-electron chi connectivity index (χ1n) is 11.7. The number of urea groups is 1. The lowest BCUT2D eigenvalue weighted by Gasteiger charge is -2.27. The van der Waals surface area contributed by atoms with Gasteiger partial charge in [0, 0.05) is 11.6 Å². The van der Waals surface area contributed by atoms with Gasteiger partial charge in [0.05, 0.1) is 18.6 Å². The average Bonchev–Trinajstić information content (AvgIpc) is 3.44. The number of carbonyl (C=O) groups excluding carboxylic acids is 1. The summed E-state index contributed by atoms with van der Waals surface area (Å²) >= 11 is 6.01. The molecule has 1 aliphatic heterocycles. The van der Waals surface area contributed by atoms with E-state index in [1.807, 2.05) is 40.8 Å². The number of amides is 2. The van der Waals surface area contributed by atoms with Crippen LogP contribution >= 0.6 is 11.6 Å². The first-order chi connectivity index (χ1) is 15.9. The molecule has 0 bridgehead atoms. The third-order valence-electron chi connectivity index (χ3n) is 6.17. The Morgan fingerprint density at radius 1 is 1.09 bits per heavy atom. The van der Waals surface area contributed by atoms with Crippen LogP contribution in [0.1, 0.15) is 68.2 Å². The second-order valence-electron chi connectivity index (χ2n) is 9.26. The molecule has 33 heavy (non-hydrogen) atoms. The van der Waals surface area contributed by atoms with Crippen molar-refractivity contribution in [2.24, 2.45) is 5.92 Å². The molecule has 0 spiro atoms. The Hall–Kier alpha value is -2.86. The maximum Gasteiger partial charge on any atom is 0.318 e. The van der Waals surface area contributed by atoms with E-state index in [9.17, 15) is 4.79 Å². The minimum atomic E-state index is -0.0829. The Labute approximate surface area is 201 Å². The van der Waals surface area contributed by atoms with Crippen LogP contribution in [0, 0.1) is 5.92 Å². The molecular formula is C26H32ClN5O. The molecule has 1 N–H and O–H groups in total. The highest BCUT2D eigenvalue weighted by Crippen LogP contribution is 2.31. The Morgan fingerprint density at radius 2 is 1.79 bits per heavy atom. The number of hydrogen-bond acceptors (Lipinski definition) is 3. The van der Waals surface area contributed by atoms with Crippen molar-refractivity contribution in [1.29, 1.82) is 0 Å². The first-order valence-corrected chi connectivity index (χ1v) is 12.1. The third-order valence-corrected chi connectivity index (χ3v) is 6.42. The van der Waals surface area contributed by atoms with Crippen LogP contribution in [0.5, 0.6) is 0 Å². The summed E-state index contributed by atoms with van der Waals surface area (Å²) in [7, 11) is 0. The molecule has 4 rings (SSSR count). The summed E-state index contributed by atoms with van der Waals surface area (Å²) in [6.45, 7) is 7.78. The highest BCUT2D eigenvalue weighted by atomic mass is 35.5. The monoisotopic (exact) mass is 465 g/mol. The Kier molecular flexibility index (Phi) is 7.33. The van der Waals surface area contributed by atoms with Crippen LogP contribution in [0.4, 0.5) is 4.79 Å². The summed E-state index contributed by atoms with van der Waals surface area (Å²) in [5, 5.41) is 8.31. The largest absolute Gasteiger partial charge is 0.331 e. The average molecular weight is 466 g/mol. The van der Waals surface area contributed by atoms with Gasteiger partial charge < -0.3 is 10.2 Å². The van der Waals surface area contributed by atoms with E-state index in [1.165, 1.54) is 5.56 Å². The second-order valence-corrected chi connectivity index (χ2v) is 9.70. The molecule has 3 aromatic rings. The fourth-order valence-corrected chi connectivity index (χ4v) is 4.59. The number of halogens is 1. The van der Waals surface area contributed by atoms with Gasteiger partial charge in [0.1, 0.15) is 12.2 Å². The number of carbonyl (C=O) groups is 1. The van der Waals surface area contributed by atoms with E-state index in [0.29, 0.717) is 24.0 Å². The van der Waals surface area contributed by atoms with Crippen molar-refractivity contribution < 1.29 is 4.79 Å². The van der Waals surface area contributed by atoms with Gasteiger partial charge in [0.15, 0.2) is 0 Å². The van der Waals surface area contributed by atoms with E-state index in [0.717, 1.165) is 36.2 Å². The van der Waals surface area contributed by atoms with Crippen LogP contribution in [0.2, 0.25) is 5.02 Å². The predicted molar refractivity (Wildman–Crippen MR) is 131 cm³/mol. The molecule has 1 aliphatic rings. The van der Waals surface area contributed by atoms with Crippen LogP contribution in [-0.4, -0.2) is 32.2 Å². The molecule has 0 saturated carbocycles. The van der Waals surface area contributed by atoms with E-state index >= 15 is 0 Å². The minimum absolute atomic E-state index is 0.0581. The van der Waals surface area contributed by atoms with Gasteiger partial charge in [0.2, 0.25) is 0 Å². The standard InChI is InChI=1S/C26H32ClN5O/c1-18(2)15-20-6-10-22(11-7-20)19(3)30-26(33)31-14-4-5-24(31)25-28-17-29-32(25)16-21-8-12-23(27)13-9-21/h6-13,17-19,24H,4-5,14-16H2,1-3H3,(H,30,33)/t19-,24+/m0/s1. The number of likely N-dealkylation sites (tertiary alicyclic amines) is 1. The van der Waals surface area contributed by atoms with Crippen LogP contribution in [0.15, 0.2) is 54.9 Å². The second kappa shape index (κ2) is 10.4. The summed E-state index contributed by atoms with van der Waals surface area (Å²) in [5.41, 5.74) is 3.53. The van der Waals surface area contributed by atoms with Gasteiger partial charge in [-0.2, -0.15) is 5.10 Å². The maximum absolute atomic E-state index is 13.2. The lowest BCUT2D eigenvalue weighted by molar-refractivity contribution is 0.186. The zero-order valence-electron chi connectivity index (χ0n) is 19.5. The normalized spacial score (nSPS) is 16.9. The van der Waals surface area contributed by atoms with Gasteiger partial charge in [-0.1, -0.05) is 61.8 Å². The maximum atomic E-state index is 13.2. The third kappa shape index (κ3) is 5.74. The van der Waals surface area contributed by atoms with Crippen molar-refractivity contribution in [3.63, 3.8) is 0 Å². The highest BCUT2D eigenvalue weighted by Gasteiger charge is 2.33. The fraction of sp³-hybridized carbons (Fsp3) is 0.423. The van der Waals surface area contributed by atoms with Gasteiger partial charge >= 0.3 is 6.03 Å². The smallest absolute Gasteiger partial charge is 0.318 e. The lowest BCUT2D eigenvalue weighted by Crippen LogP contribution is -2.41. The molecule has 1 fully saturated rings. The molecule has 2 atom stereocenters. The van der Waals surface area contributed by atoms with Crippen molar-refractivity contribution in [3.8, 4) is 0 Å². The van der Waals surface area contributed by atoms with Gasteiger partial charge in [-0.25, -0.2) is 14.5 Å². The molecule has 2 amide bonds. The summed E-state index contributed by atoms with van der Waals surface area (Å²) in [6.07, 6.45) is 4.46. The topological polar surface area (TPSA) is 63.1 Å². The quantitative estimate of drug-likeness (QED) is 0.480. The highest BCUT2D eigenvalue weighted by molar-refractivity contribution is 6.30. The van der Waals surface area contributed by atoms with Crippen molar-refractivity contribution in [2.75, 3.05) is 6.54 Å². The zero-order valence-corrected chi connectivity index (χ0v) is 20.3. The Balaban J connectivity index is 1.42. The number of nitrogens with zero attached hydrogens (tertiary/aromatic N) is 4. The molecule has 0 unspecified atom stereocenters. The SMILES string of the molecule is CC(C)Cc1ccc([C@H](C)NC(=O)N2CCC[C@@H]2c2ncnn2Cc2ccc(Cl)cc2)cc1. The number of rotatable bonds is 7. The van der Waals surface area contributed by atoms with Crippen molar-refractivity contribution >= 4 is 17.6 Å². The molecule has 6 nitrogen and oxygen atoms in total. The summed E-state index contributed by atoms with van der Waals surface area (Å²) in [6, 6.07) is 16.1. The Bertz CT molecular complexity index is 1060. The summed E-state index contributed by atoms with van der Waals surface area (Å²) in [5.74, 6) is 1.45. The lowest BCUT2D eigenvalue weighted by atomic mass is 10.00. The molecule has 0 radical (unpaired) electrons. The van der Waals surface area contributed by atoms with Crippen LogP contribution in [-0.2, 0) is 13.0 Å². The van der Waals surface area contributed by atoms with Gasteiger partial charge in [0.25, 0.3) is 0 Å². The summed E-state index contributed by atoms with van der Waals surface area (Å²) in [4.78, 5) is 19.6. The molecule has 174 valence electrons. The zero-order chi connectivity index (χ0) is 23.4. The van der Waals surface area contributed by atoms with Crippen LogP contribution in [0.3, 0.4) is 0 Å². The number of aromatic nitrogens is 3. The van der Waals surface area contributed by atoms with Crippen molar-refractivity contribution in [1.82, 2.24) is 25.0 Å². The molecule has 2 aromatic carbocycles. The number of benzene rings is 2. The van der Waals surface area contributed by atoms with E-state index in [1.54, 1.807) is 6.33 Å². The van der Waals surface area contributed by atoms with E-state index in [4.69, 9.17) is 11.6 Å². The van der Waals surface area contributed by atoms with Crippen LogP contribution < -0.4 is 5.32 Å². The van der Waals surface area contributed by atoms with Crippen molar-refractivity contribution in [3.05, 3.63) is 82.4 Å². The number of hydrogen-bond donors (Lipinski definition) is 1. The molecule has 0 aliphatic carbocycles. The van der Waals surface area contributed by atoms with E-state index in [2.05, 4.69) is 53.5 Å². The molecular weight excluding hydrogens is 434 g/mol. The Morgan fingerprint density at radius 3 is 2.48 bits per heavy atom. The molecule has 1 aromatic heterocycles. The van der Waals surface area contributed by atoms with Crippen LogP contribution in [0.25, 0.3) is 0 Å². The minimum Gasteiger partial charge on any atom is -0.331 e. The molecule has 7 heteroatoms. The van der Waals surface area contributed by atoms with Gasteiger partial charge in [-0.15, -0.1) is 0 Å². The molecule has 1 saturated heterocycles. The van der Waals surface area contributed by atoms with Gasteiger partial charge in [-0.3, -0.25) is 0 Å². The predicted octanol–water partition coefficient (Wildman–Crippen LogP) is 5.79. The fourth-order valence-electron chi connectivity index (χ4n) is 4.46. The summed E-state index contributed by atoms with van der Waals surface area (Å²) < 4.78 is 1.89. The van der Waals surface area contributed by atoms with Gasteiger partial charge in [-0.05, 0) is 60.9 Å². The van der Waals surface area contributed by atoms with E-state index < -0.39 is 0 Å². The number of nitrogens with one attached hydrogen (secondary N) is 1. The van der Waals surface area contributed by atoms with Crippen molar-refractivity contribution in [2.45, 2.75) is 58.7 Å². The first kappa shape index (κ1) is 23.3.